The summed E-state index contributed by atoms with van der Waals surface area (Å²) in [7, 11) is 0. The normalized spacial score (nSPS) is 11.8. The number of ether oxygens (including phenoxy) is 1. The Balaban J connectivity index is 2.36. The van der Waals surface area contributed by atoms with E-state index in [0.717, 1.165) is 11.1 Å². The molecule has 0 fully saturated rings. The highest BCUT2D eigenvalue weighted by molar-refractivity contribution is 5.80. The fraction of sp³-hybridized carbons (Fsp3) is 0.357. The molecule has 2 rings (SSSR count). The summed E-state index contributed by atoms with van der Waals surface area (Å²) in [6.45, 7) is 5.12. The summed E-state index contributed by atoms with van der Waals surface area (Å²) in [4.78, 5) is 4.31. The third kappa shape index (κ3) is 2.96. The lowest BCUT2D eigenvalue weighted by Gasteiger charge is -2.18. The van der Waals surface area contributed by atoms with Crippen molar-refractivity contribution in [3.63, 3.8) is 0 Å². The summed E-state index contributed by atoms with van der Waals surface area (Å²) >= 11 is 0. The molecule has 0 bridgehead atoms. The molecule has 1 N–H and O–H groups in total. The van der Waals surface area contributed by atoms with Crippen molar-refractivity contribution < 1.29 is 14.2 Å². The first-order valence-corrected chi connectivity index (χ1v) is 5.77. The van der Waals surface area contributed by atoms with Crippen molar-refractivity contribution in [2.75, 3.05) is 6.61 Å². The van der Waals surface area contributed by atoms with Gasteiger partial charge in [-0.15, -0.1) is 0 Å². The lowest BCUT2D eigenvalue weighted by Crippen LogP contribution is -2.28. The Bertz CT molecular complexity index is 576. The molecular formula is C14H16FNO2. The Hall–Kier alpha value is -1.68. The molecular weight excluding hydrogens is 233 g/mol. The predicted octanol–water partition coefficient (Wildman–Crippen LogP) is 2.83. The Kier molecular flexibility index (Phi) is 3.22. The van der Waals surface area contributed by atoms with Crippen molar-refractivity contribution in [3.05, 3.63) is 35.8 Å². The second-order valence-electron chi connectivity index (χ2n) is 5.03. The number of halogens is 1. The molecule has 0 saturated carbocycles. The lowest BCUT2D eigenvalue weighted by atomic mass is 10.1. The number of hydrogen-bond donors (Lipinski definition) is 1. The van der Waals surface area contributed by atoms with Crippen molar-refractivity contribution >= 4 is 10.9 Å². The van der Waals surface area contributed by atoms with Crippen molar-refractivity contribution in [1.82, 2.24) is 4.98 Å². The van der Waals surface area contributed by atoms with Gasteiger partial charge in [0, 0.05) is 17.1 Å². The zero-order valence-electron chi connectivity index (χ0n) is 10.7. The van der Waals surface area contributed by atoms with Gasteiger partial charge >= 0.3 is 0 Å². The van der Waals surface area contributed by atoms with Gasteiger partial charge in [-0.2, -0.15) is 0 Å². The van der Waals surface area contributed by atoms with E-state index in [1.807, 2.05) is 19.1 Å². The van der Waals surface area contributed by atoms with E-state index in [2.05, 4.69) is 4.98 Å². The van der Waals surface area contributed by atoms with Crippen LogP contribution in [0.3, 0.4) is 0 Å². The van der Waals surface area contributed by atoms with Crippen LogP contribution in [0.4, 0.5) is 4.39 Å². The Morgan fingerprint density at radius 2 is 2.06 bits per heavy atom. The number of nitrogens with zero attached hydrogens (tertiary/aromatic N) is 1. The van der Waals surface area contributed by atoms with E-state index < -0.39 is 11.4 Å². The van der Waals surface area contributed by atoms with Gasteiger partial charge in [0.2, 0.25) is 0 Å². The third-order valence-corrected chi connectivity index (χ3v) is 2.46. The highest BCUT2D eigenvalue weighted by Gasteiger charge is 2.15. The van der Waals surface area contributed by atoms with Crippen LogP contribution in [-0.2, 0) is 0 Å². The highest BCUT2D eigenvalue weighted by atomic mass is 19.1. The van der Waals surface area contributed by atoms with Crippen LogP contribution in [0, 0.1) is 12.7 Å². The molecule has 0 unspecified atom stereocenters. The van der Waals surface area contributed by atoms with Crippen LogP contribution in [0.2, 0.25) is 0 Å². The average molecular weight is 249 g/mol. The van der Waals surface area contributed by atoms with E-state index in [0.29, 0.717) is 5.52 Å². The minimum Gasteiger partial charge on any atom is -0.487 e. The fourth-order valence-electron chi connectivity index (χ4n) is 1.59. The molecule has 0 amide bonds. The Labute approximate surface area is 105 Å². The summed E-state index contributed by atoms with van der Waals surface area (Å²) in [6, 6.07) is 6.60. The molecule has 0 atom stereocenters. The quantitative estimate of drug-likeness (QED) is 0.909. The van der Waals surface area contributed by atoms with Crippen molar-refractivity contribution in [2.45, 2.75) is 26.4 Å². The Morgan fingerprint density at radius 3 is 2.72 bits per heavy atom. The SMILES string of the molecule is Cc1ccc2cc(F)c(OCC(C)(C)O)cc2n1. The monoisotopic (exact) mass is 249 g/mol. The fourth-order valence-corrected chi connectivity index (χ4v) is 1.59. The molecule has 4 heteroatoms. The van der Waals surface area contributed by atoms with Crippen LogP contribution < -0.4 is 4.74 Å². The number of aliphatic hydroxyl groups is 1. The summed E-state index contributed by atoms with van der Waals surface area (Å²) in [6.07, 6.45) is 0. The first kappa shape index (κ1) is 12.8. The maximum Gasteiger partial charge on any atom is 0.165 e. The molecule has 0 spiro atoms. The molecule has 2 aromatic rings. The molecule has 0 aliphatic heterocycles. The van der Waals surface area contributed by atoms with Crippen molar-refractivity contribution in [2.24, 2.45) is 0 Å². The van der Waals surface area contributed by atoms with Gasteiger partial charge < -0.3 is 9.84 Å². The molecule has 18 heavy (non-hydrogen) atoms. The maximum atomic E-state index is 13.8. The highest BCUT2D eigenvalue weighted by Crippen LogP contribution is 2.24. The molecule has 1 aromatic heterocycles. The molecule has 1 heterocycles. The van der Waals surface area contributed by atoms with Crippen molar-refractivity contribution in [1.29, 1.82) is 0 Å². The van der Waals surface area contributed by atoms with Gasteiger partial charge in [-0.1, -0.05) is 6.07 Å². The predicted molar refractivity (Wildman–Crippen MR) is 68.2 cm³/mol. The van der Waals surface area contributed by atoms with Crippen LogP contribution in [-0.4, -0.2) is 22.3 Å². The summed E-state index contributed by atoms with van der Waals surface area (Å²) in [5.74, 6) is -0.333. The van der Waals surface area contributed by atoms with E-state index >= 15 is 0 Å². The van der Waals surface area contributed by atoms with Crippen molar-refractivity contribution in [3.8, 4) is 5.75 Å². The topological polar surface area (TPSA) is 42.4 Å². The lowest BCUT2D eigenvalue weighted by molar-refractivity contribution is 0.0272. The first-order valence-electron chi connectivity index (χ1n) is 5.77. The molecule has 0 radical (unpaired) electrons. The third-order valence-electron chi connectivity index (χ3n) is 2.46. The second kappa shape index (κ2) is 4.53. The standard InChI is InChI=1S/C14H16FNO2/c1-9-4-5-10-6-11(15)13(7-12(10)16-9)18-8-14(2,3)17/h4-7,17H,8H2,1-3H3. The number of fused-ring (bicyclic) bond motifs is 1. The minimum absolute atomic E-state index is 0.0290. The van der Waals surface area contributed by atoms with Crippen LogP contribution in [0.1, 0.15) is 19.5 Å². The van der Waals surface area contributed by atoms with Crippen LogP contribution >= 0.6 is 0 Å². The van der Waals surface area contributed by atoms with Crippen LogP contribution in [0.25, 0.3) is 10.9 Å². The van der Waals surface area contributed by atoms with Gasteiger partial charge in [-0.05, 0) is 32.9 Å². The van der Waals surface area contributed by atoms with E-state index in [4.69, 9.17) is 4.74 Å². The van der Waals surface area contributed by atoms with Gasteiger partial charge in [0.15, 0.2) is 11.6 Å². The van der Waals surface area contributed by atoms with E-state index in [1.54, 1.807) is 19.9 Å². The number of aromatic nitrogens is 1. The first-order chi connectivity index (χ1) is 8.35. The molecule has 3 nitrogen and oxygen atoms in total. The van der Waals surface area contributed by atoms with Gasteiger partial charge in [0.05, 0.1) is 11.1 Å². The maximum absolute atomic E-state index is 13.8. The second-order valence-corrected chi connectivity index (χ2v) is 5.03. The minimum atomic E-state index is -0.999. The summed E-state index contributed by atoms with van der Waals surface area (Å²) < 4.78 is 19.0. The average Bonchev–Trinajstić information content (AvgIpc) is 2.26. The summed E-state index contributed by atoms with van der Waals surface area (Å²) in [5, 5.41) is 10.3. The number of hydrogen-bond acceptors (Lipinski definition) is 3. The van der Waals surface area contributed by atoms with Gasteiger partial charge in [-0.3, -0.25) is 4.98 Å². The van der Waals surface area contributed by atoms with Gasteiger partial charge in [0.25, 0.3) is 0 Å². The van der Waals surface area contributed by atoms with Crippen LogP contribution in [0.15, 0.2) is 24.3 Å². The van der Waals surface area contributed by atoms with E-state index in [9.17, 15) is 9.50 Å². The summed E-state index contributed by atoms with van der Waals surface area (Å²) in [5.41, 5.74) is 0.547. The molecule has 0 aliphatic rings. The number of pyridine rings is 1. The molecule has 0 aliphatic carbocycles. The number of rotatable bonds is 3. The van der Waals surface area contributed by atoms with Gasteiger partial charge in [-0.25, -0.2) is 4.39 Å². The molecule has 96 valence electrons. The van der Waals surface area contributed by atoms with E-state index in [-0.39, 0.29) is 12.4 Å². The molecule has 0 saturated heterocycles. The smallest absolute Gasteiger partial charge is 0.165 e. The Morgan fingerprint density at radius 1 is 1.33 bits per heavy atom. The van der Waals surface area contributed by atoms with E-state index in [1.165, 1.54) is 6.07 Å². The van der Waals surface area contributed by atoms with Gasteiger partial charge in [0.1, 0.15) is 6.61 Å². The van der Waals surface area contributed by atoms with Crippen LogP contribution in [0.5, 0.6) is 5.75 Å². The number of aryl methyl sites for hydroxylation is 1. The zero-order valence-corrected chi connectivity index (χ0v) is 10.7. The number of benzene rings is 1. The zero-order chi connectivity index (χ0) is 13.3. The molecule has 1 aromatic carbocycles. The largest absolute Gasteiger partial charge is 0.487 e.